The second-order valence-corrected chi connectivity index (χ2v) is 5.60. The minimum absolute atomic E-state index is 0.0749. The van der Waals surface area contributed by atoms with Crippen LogP contribution in [-0.2, 0) is 5.41 Å². The molecule has 0 bridgehead atoms. The Kier molecular flexibility index (Phi) is 3.37. The van der Waals surface area contributed by atoms with Gasteiger partial charge in [0.2, 0.25) is 0 Å². The molecule has 1 fully saturated rings. The van der Waals surface area contributed by atoms with Crippen LogP contribution in [0.15, 0.2) is 6.07 Å². The van der Waals surface area contributed by atoms with Crippen LogP contribution in [0.4, 0.5) is 0 Å². The Morgan fingerprint density at radius 3 is 2.47 bits per heavy atom. The third kappa shape index (κ3) is 1.94. The molecule has 17 heavy (non-hydrogen) atoms. The first-order valence-electron chi connectivity index (χ1n) is 6.21. The molecule has 0 spiro atoms. The van der Waals surface area contributed by atoms with Crippen molar-refractivity contribution >= 4 is 11.6 Å². The maximum Gasteiger partial charge on any atom is 0.134 e. The summed E-state index contributed by atoms with van der Waals surface area (Å²) in [5.41, 5.74) is 9.47. The molecule has 0 heterocycles. The summed E-state index contributed by atoms with van der Waals surface area (Å²) in [6, 6.07) is 1.76. The molecule has 1 aliphatic carbocycles. The molecular formula is C14H20ClNO. The highest BCUT2D eigenvalue weighted by atomic mass is 35.5. The number of halogens is 1. The highest BCUT2D eigenvalue weighted by molar-refractivity contribution is 6.32. The van der Waals surface area contributed by atoms with Crippen molar-refractivity contribution in [2.24, 2.45) is 5.73 Å². The zero-order chi connectivity index (χ0) is 12.6. The molecular weight excluding hydrogens is 234 g/mol. The van der Waals surface area contributed by atoms with Gasteiger partial charge in [-0.15, -0.1) is 0 Å². The van der Waals surface area contributed by atoms with Crippen molar-refractivity contribution in [2.75, 3.05) is 6.54 Å². The summed E-state index contributed by atoms with van der Waals surface area (Å²) in [5.74, 6) is 0.176. The fraction of sp³-hybridized carbons (Fsp3) is 0.571. The number of phenols is 1. The number of rotatable bonds is 2. The minimum Gasteiger partial charge on any atom is -0.506 e. The van der Waals surface area contributed by atoms with Crippen LogP contribution >= 0.6 is 11.6 Å². The predicted octanol–water partition coefficient (Wildman–Crippen LogP) is 3.43. The lowest BCUT2D eigenvalue weighted by Gasteiger charge is -2.32. The first kappa shape index (κ1) is 12.7. The fourth-order valence-corrected chi connectivity index (χ4v) is 3.51. The Balaban J connectivity index is 2.62. The van der Waals surface area contributed by atoms with Gasteiger partial charge in [0, 0.05) is 12.0 Å². The molecule has 0 saturated heterocycles. The molecule has 0 unspecified atom stereocenters. The zero-order valence-corrected chi connectivity index (χ0v) is 11.3. The molecule has 0 radical (unpaired) electrons. The molecule has 1 aliphatic rings. The van der Waals surface area contributed by atoms with E-state index in [1.807, 2.05) is 13.8 Å². The van der Waals surface area contributed by atoms with Gasteiger partial charge >= 0.3 is 0 Å². The third-order valence-electron chi connectivity index (χ3n) is 4.16. The van der Waals surface area contributed by atoms with Gasteiger partial charge in [0.05, 0.1) is 5.02 Å². The van der Waals surface area contributed by atoms with Crippen molar-refractivity contribution in [1.29, 1.82) is 0 Å². The van der Waals surface area contributed by atoms with Crippen molar-refractivity contribution < 1.29 is 5.11 Å². The fourth-order valence-electron chi connectivity index (χ4n) is 3.36. The van der Waals surface area contributed by atoms with Gasteiger partial charge in [-0.3, -0.25) is 0 Å². The molecule has 3 N–H and O–H groups in total. The third-order valence-corrected chi connectivity index (χ3v) is 4.64. The Morgan fingerprint density at radius 2 is 1.94 bits per heavy atom. The summed E-state index contributed by atoms with van der Waals surface area (Å²) >= 11 is 6.16. The molecule has 2 rings (SSSR count). The van der Waals surface area contributed by atoms with Crippen molar-refractivity contribution in [1.82, 2.24) is 0 Å². The Bertz CT molecular complexity index is 436. The second-order valence-electron chi connectivity index (χ2n) is 5.22. The van der Waals surface area contributed by atoms with E-state index in [1.165, 1.54) is 18.4 Å². The standard InChI is InChI=1S/C14H20ClNO/c1-9-7-11(17)13(15)10(2)12(9)14(8-16)5-3-4-6-14/h7,17H,3-6,8,16H2,1-2H3. The number of phenolic OH excluding ortho intramolecular Hbond substituents is 1. The van der Waals surface area contributed by atoms with Gasteiger partial charge in [-0.05, 0) is 49.4 Å². The van der Waals surface area contributed by atoms with Crippen LogP contribution in [0.5, 0.6) is 5.75 Å². The lowest BCUT2D eigenvalue weighted by atomic mass is 9.75. The van der Waals surface area contributed by atoms with Crippen LogP contribution in [0.1, 0.15) is 42.4 Å². The summed E-state index contributed by atoms with van der Waals surface area (Å²) in [6.07, 6.45) is 4.72. The number of aromatic hydroxyl groups is 1. The van der Waals surface area contributed by atoms with Crippen molar-refractivity contribution in [3.63, 3.8) is 0 Å². The summed E-state index contributed by atoms with van der Waals surface area (Å²) in [5, 5.41) is 10.2. The number of aryl methyl sites for hydroxylation is 1. The van der Waals surface area contributed by atoms with Crippen LogP contribution in [-0.4, -0.2) is 11.7 Å². The van der Waals surface area contributed by atoms with E-state index in [4.69, 9.17) is 17.3 Å². The maximum atomic E-state index is 9.74. The van der Waals surface area contributed by atoms with E-state index in [1.54, 1.807) is 6.07 Å². The monoisotopic (exact) mass is 253 g/mol. The maximum absolute atomic E-state index is 9.74. The Hall–Kier alpha value is -0.730. The van der Waals surface area contributed by atoms with Gasteiger partial charge in [0.15, 0.2) is 0 Å². The van der Waals surface area contributed by atoms with Crippen LogP contribution in [0.3, 0.4) is 0 Å². The van der Waals surface area contributed by atoms with E-state index in [9.17, 15) is 5.11 Å². The molecule has 0 atom stereocenters. The normalized spacial score (nSPS) is 18.6. The first-order chi connectivity index (χ1) is 8.02. The van der Waals surface area contributed by atoms with Crippen molar-refractivity contribution in [2.45, 2.75) is 44.9 Å². The summed E-state index contributed by atoms with van der Waals surface area (Å²) in [6.45, 7) is 4.68. The minimum atomic E-state index is 0.0749. The van der Waals surface area contributed by atoms with Crippen LogP contribution in [0.2, 0.25) is 5.02 Å². The molecule has 0 aliphatic heterocycles. The molecule has 94 valence electrons. The Morgan fingerprint density at radius 1 is 1.35 bits per heavy atom. The van der Waals surface area contributed by atoms with Gasteiger partial charge in [-0.1, -0.05) is 24.4 Å². The van der Waals surface area contributed by atoms with Crippen molar-refractivity contribution in [3.8, 4) is 5.75 Å². The number of nitrogens with two attached hydrogens (primary N) is 1. The average Bonchev–Trinajstić information content (AvgIpc) is 2.76. The van der Waals surface area contributed by atoms with Gasteiger partial charge in [0.25, 0.3) is 0 Å². The highest BCUT2D eigenvalue weighted by Gasteiger charge is 2.37. The van der Waals surface area contributed by atoms with Gasteiger partial charge < -0.3 is 10.8 Å². The average molecular weight is 254 g/mol. The molecule has 3 heteroatoms. The quantitative estimate of drug-likeness (QED) is 0.848. The molecule has 1 aromatic carbocycles. The van der Waals surface area contributed by atoms with E-state index in [-0.39, 0.29) is 11.2 Å². The van der Waals surface area contributed by atoms with E-state index < -0.39 is 0 Å². The highest BCUT2D eigenvalue weighted by Crippen LogP contribution is 2.46. The van der Waals surface area contributed by atoms with Crippen LogP contribution < -0.4 is 5.73 Å². The summed E-state index contributed by atoms with van der Waals surface area (Å²) in [4.78, 5) is 0. The summed E-state index contributed by atoms with van der Waals surface area (Å²) in [7, 11) is 0. The van der Waals surface area contributed by atoms with E-state index >= 15 is 0 Å². The van der Waals surface area contributed by atoms with Crippen molar-refractivity contribution in [3.05, 3.63) is 27.8 Å². The molecule has 0 amide bonds. The largest absolute Gasteiger partial charge is 0.506 e. The molecule has 1 saturated carbocycles. The molecule has 0 aromatic heterocycles. The van der Waals surface area contributed by atoms with Gasteiger partial charge in [-0.2, -0.15) is 0 Å². The second kappa shape index (κ2) is 4.51. The Labute approximate surface area is 108 Å². The van der Waals surface area contributed by atoms with Gasteiger partial charge in [-0.25, -0.2) is 0 Å². The first-order valence-corrected chi connectivity index (χ1v) is 6.59. The van der Waals surface area contributed by atoms with E-state index in [0.717, 1.165) is 24.0 Å². The SMILES string of the molecule is Cc1cc(O)c(Cl)c(C)c1C1(CN)CCCC1. The van der Waals surface area contributed by atoms with Gasteiger partial charge in [0.1, 0.15) is 5.75 Å². The lowest BCUT2D eigenvalue weighted by Crippen LogP contribution is -2.33. The summed E-state index contributed by atoms with van der Waals surface area (Å²) < 4.78 is 0. The van der Waals surface area contributed by atoms with E-state index in [2.05, 4.69) is 0 Å². The molecule has 2 nitrogen and oxygen atoms in total. The number of benzene rings is 1. The number of hydrogen-bond acceptors (Lipinski definition) is 2. The van der Waals surface area contributed by atoms with E-state index in [0.29, 0.717) is 11.6 Å². The smallest absolute Gasteiger partial charge is 0.134 e. The van der Waals surface area contributed by atoms with Crippen LogP contribution in [0, 0.1) is 13.8 Å². The topological polar surface area (TPSA) is 46.2 Å². The zero-order valence-electron chi connectivity index (χ0n) is 10.5. The number of hydrogen-bond donors (Lipinski definition) is 2. The predicted molar refractivity (Wildman–Crippen MR) is 71.8 cm³/mol. The molecule has 1 aromatic rings. The lowest BCUT2D eigenvalue weighted by molar-refractivity contribution is 0.443. The van der Waals surface area contributed by atoms with Crippen LogP contribution in [0.25, 0.3) is 0 Å².